The molecule has 0 bridgehead atoms. The Labute approximate surface area is 137 Å². The van der Waals surface area contributed by atoms with Crippen molar-refractivity contribution < 1.29 is 14.3 Å². The summed E-state index contributed by atoms with van der Waals surface area (Å²) in [4.78, 5) is 24.0. The average Bonchev–Trinajstić information content (AvgIpc) is 2.49. The molecular formula is C15H20BrN3O3. The summed E-state index contributed by atoms with van der Waals surface area (Å²) in [6.07, 6.45) is 0.929. The van der Waals surface area contributed by atoms with Crippen molar-refractivity contribution in [2.24, 2.45) is 5.73 Å². The number of ether oxygens (including phenoxy) is 1. The molecule has 2 amide bonds. The Morgan fingerprint density at radius 2 is 2.05 bits per heavy atom. The first-order valence-electron chi connectivity index (χ1n) is 7.12. The van der Waals surface area contributed by atoms with Crippen molar-refractivity contribution in [1.29, 1.82) is 0 Å². The quantitative estimate of drug-likeness (QED) is 0.745. The molecule has 7 heteroatoms. The van der Waals surface area contributed by atoms with Crippen LogP contribution < -0.4 is 16.4 Å². The van der Waals surface area contributed by atoms with Crippen molar-refractivity contribution in [3.8, 4) is 0 Å². The van der Waals surface area contributed by atoms with Crippen LogP contribution in [0.2, 0.25) is 0 Å². The number of carbonyl (C=O) groups excluding carboxylic acids is 2. The zero-order chi connectivity index (χ0) is 16.2. The van der Waals surface area contributed by atoms with Gasteiger partial charge in [0.25, 0.3) is 0 Å². The van der Waals surface area contributed by atoms with Gasteiger partial charge in [-0.05, 0) is 43.5 Å². The molecule has 0 atom stereocenters. The van der Waals surface area contributed by atoms with E-state index in [4.69, 9.17) is 10.5 Å². The van der Waals surface area contributed by atoms with Gasteiger partial charge in [-0.2, -0.15) is 0 Å². The second-order valence-corrected chi connectivity index (χ2v) is 6.32. The maximum Gasteiger partial charge on any atom is 0.243 e. The van der Waals surface area contributed by atoms with E-state index in [9.17, 15) is 9.59 Å². The number of nitrogens with two attached hydrogens (primary N) is 1. The predicted octanol–water partition coefficient (Wildman–Crippen LogP) is 1.32. The van der Waals surface area contributed by atoms with Crippen LogP contribution in [0.15, 0.2) is 22.7 Å². The number of hydrogen-bond acceptors (Lipinski definition) is 4. The second-order valence-electron chi connectivity index (χ2n) is 5.46. The van der Waals surface area contributed by atoms with E-state index >= 15 is 0 Å². The number of aryl methyl sites for hydroxylation is 1. The third kappa shape index (κ3) is 4.28. The first kappa shape index (κ1) is 16.9. The van der Waals surface area contributed by atoms with Crippen molar-refractivity contribution in [3.05, 3.63) is 28.2 Å². The minimum absolute atomic E-state index is 0.103. The van der Waals surface area contributed by atoms with E-state index in [2.05, 4.69) is 26.6 Å². The first-order chi connectivity index (χ1) is 10.4. The van der Waals surface area contributed by atoms with Gasteiger partial charge in [-0.25, -0.2) is 0 Å². The van der Waals surface area contributed by atoms with Crippen molar-refractivity contribution >= 4 is 33.4 Å². The van der Waals surface area contributed by atoms with E-state index in [1.54, 1.807) is 6.07 Å². The van der Waals surface area contributed by atoms with Gasteiger partial charge in [-0.1, -0.05) is 15.9 Å². The van der Waals surface area contributed by atoms with Gasteiger partial charge in [0.1, 0.15) is 0 Å². The smallest absolute Gasteiger partial charge is 0.243 e. The maximum absolute atomic E-state index is 12.1. The zero-order valence-corrected chi connectivity index (χ0v) is 14.0. The number of carbonyl (C=O) groups is 2. The lowest BCUT2D eigenvalue weighted by Crippen LogP contribution is -2.57. The monoisotopic (exact) mass is 369 g/mol. The van der Waals surface area contributed by atoms with E-state index in [-0.39, 0.29) is 18.4 Å². The summed E-state index contributed by atoms with van der Waals surface area (Å²) in [6.45, 7) is 2.77. The van der Waals surface area contributed by atoms with E-state index in [1.807, 2.05) is 19.1 Å². The Kier molecular flexibility index (Phi) is 5.55. The third-order valence-electron chi connectivity index (χ3n) is 3.69. The van der Waals surface area contributed by atoms with Crippen LogP contribution in [0.3, 0.4) is 0 Å². The van der Waals surface area contributed by atoms with E-state index in [0.717, 1.165) is 10.0 Å². The Morgan fingerprint density at radius 3 is 2.68 bits per heavy atom. The minimum Gasteiger partial charge on any atom is -0.381 e. The highest BCUT2D eigenvalue weighted by molar-refractivity contribution is 9.10. The number of halogens is 1. The molecule has 1 saturated heterocycles. The van der Waals surface area contributed by atoms with Gasteiger partial charge in [-0.3, -0.25) is 9.59 Å². The Bertz CT molecular complexity index is 571. The molecule has 0 unspecified atom stereocenters. The largest absolute Gasteiger partial charge is 0.381 e. The molecule has 22 heavy (non-hydrogen) atoms. The van der Waals surface area contributed by atoms with Gasteiger partial charge >= 0.3 is 0 Å². The Balaban J connectivity index is 1.84. The van der Waals surface area contributed by atoms with Gasteiger partial charge in [0.05, 0.1) is 12.1 Å². The second kappa shape index (κ2) is 7.21. The lowest BCUT2D eigenvalue weighted by Gasteiger charge is -2.31. The van der Waals surface area contributed by atoms with Crippen LogP contribution in [-0.2, 0) is 14.3 Å². The van der Waals surface area contributed by atoms with E-state index in [1.165, 1.54) is 0 Å². The number of nitrogens with one attached hydrogen (secondary N) is 2. The van der Waals surface area contributed by atoms with Crippen molar-refractivity contribution in [2.75, 3.05) is 25.1 Å². The molecule has 0 spiro atoms. The van der Waals surface area contributed by atoms with Crippen molar-refractivity contribution in [2.45, 2.75) is 25.3 Å². The fraction of sp³-hybridized carbons (Fsp3) is 0.467. The fourth-order valence-electron chi connectivity index (χ4n) is 2.23. The summed E-state index contributed by atoms with van der Waals surface area (Å²) < 4.78 is 6.17. The van der Waals surface area contributed by atoms with E-state index < -0.39 is 5.54 Å². The van der Waals surface area contributed by atoms with Crippen LogP contribution in [-0.4, -0.2) is 37.1 Å². The Hall–Kier alpha value is -1.44. The predicted molar refractivity (Wildman–Crippen MR) is 87.5 cm³/mol. The van der Waals surface area contributed by atoms with Crippen LogP contribution in [0.1, 0.15) is 18.4 Å². The summed E-state index contributed by atoms with van der Waals surface area (Å²) in [7, 11) is 0. The number of rotatable bonds is 4. The highest BCUT2D eigenvalue weighted by Gasteiger charge is 2.35. The molecule has 0 radical (unpaired) electrons. The highest BCUT2D eigenvalue weighted by atomic mass is 79.9. The van der Waals surface area contributed by atoms with Crippen molar-refractivity contribution in [3.63, 3.8) is 0 Å². The zero-order valence-electron chi connectivity index (χ0n) is 12.4. The van der Waals surface area contributed by atoms with Gasteiger partial charge in [-0.15, -0.1) is 0 Å². The van der Waals surface area contributed by atoms with Crippen LogP contribution in [0.4, 0.5) is 5.69 Å². The molecule has 1 aromatic carbocycles. The first-order valence-corrected chi connectivity index (χ1v) is 7.91. The van der Waals surface area contributed by atoms with Crippen LogP contribution >= 0.6 is 15.9 Å². The van der Waals surface area contributed by atoms with Gasteiger partial charge in [0.2, 0.25) is 11.8 Å². The minimum atomic E-state index is -0.938. The standard InChI is InChI=1S/C15H20BrN3O3/c1-10-8-11(2-3-12(10)16)19-13(20)9-18-14(21)15(17)4-6-22-7-5-15/h2-3,8H,4-7,9,17H2,1H3,(H,18,21)(H,19,20). The molecule has 120 valence electrons. The van der Waals surface area contributed by atoms with Crippen LogP contribution in [0.5, 0.6) is 0 Å². The highest BCUT2D eigenvalue weighted by Crippen LogP contribution is 2.20. The fourth-order valence-corrected chi connectivity index (χ4v) is 2.47. The van der Waals surface area contributed by atoms with Crippen LogP contribution in [0.25, 0.3) is 0 Å². The molecule has 0 aromatic heterocycles. The molecule has 1 fully saturated rings. The number of hydrogen-bond donors (Lipinski definition) is 3. The summed E-state index contributed by atoms with van der Waals surface area (Å²) in [5.74, 6) is -0.594. The summed E-state index contributed by atoms with van der Waals surface area (Å²) in [5, 5.41) is 5.34. The van der Waals surface area contributed by atoms with Gasteiger partial charge in [0.15, 0.2) is 0 Å². The topological polar surface area (TPSA) is 93.5 Å². The third-order valence-corrected chi connectivity index (χ3v) is 4.58. The number of anilines is 1. The molecule has 0 saturated carbocycles. The number of benzene rings is 1. The lowest BCUT2D eigenvalue weighted by molar-refractivity contribution is -0.131. The number of amides is 2. The van der Waals surface area contributed by atoms with Gasteiger partial charge in [0, 0.05) is 23.4 Å². The lowest BCUT2D eigenvalue weighted by atomic mass is 9.90. The maximum atomic E-state index is 12.1. The molecule has 1 heterocycles. The molecular weight excluding hydrogens is 350 g/mol. The Morgan fingerprint density at radius 1 is 1.36 bits per heavy atom. The molecule has 1 aliphatic rings. The molecule has 0 aliphatic carbocycles. The SMILES string of the molecule is Cc1cc(NC(=O)CNC(=O)C2(N)CCOCC2)ccc1Br. The molecule has 4 N–H and O–H groups in total. The molecule has 6 nitrogen and oxygen atoms in total. The average molecular weight is 370 g/mol. The summed E-state index contributed by atoms with van der Waals surface area (Å²) >= 11 is 3.40. The van der Waals surface area contributed by atoms with Crippen molar-refractivity contribution in [1.82, 2.24) is 5.32 Å². The molecule has 1 aliphatic heterocycles. The summed E-state index contributed by atoms with van der Waals surface area (Å²) in [5.41, 5.74) is 6.82. The van der Waals surface area contributed by atoms with Gasteiger partial charge < -0.3 is 21.1 Å². The normalized spacial score (nSPS) is 16.9. The molecule has 1 aromatic rings. The molecule has 2 rings (SSSR count). The van der Waals surface area contributed by atoms with Crippen LogP contribution in [0, 0.1) is 6.92 Å². The van der Waals surface area contributed by atoms with E-state index in [0.29, 0.717) is 31.7 Å². The summed E-state index contributed by atoms with van der Waals surface area (Å²) in [6, 6.07) is 5.51.